The van der Waals surface area contributed by atoms with Crippen LogP contribution in [0.3, 0.4) is 0 Å². The number of hydrogen-bond acceptors (Lipinski definition) is 17. The Labute approximate surface area is 439 Å². The van der Waals surface area contributed by atoms with Crippen molar-refractivity contribution in [1.82, 2.24) is 20.3 Å². The zero-order chi connectivity index (χ0) is 56.6. The summed E-state index contributed by atoms with van der Waals surface area (Å²) in [5.41, 5.74) is 0.947. The van der Waals surface area contributed by atoms with Crippen LogP contribution in [0.2, 0.25) is 10.3 Å². The molecule has 0 radical (unpaired) electrons. The summed E-state index contributed by atoms with van der Waals surface area (Å²) in [6.45, 7) is 15.7. The van der Waals surface area contributed by atoms with Gasteiger partial charge in [0.05, 0.1) is 53.3 Å². The number of nitro groups is 1. The van der Waals surface area contributed by atoms with E-state index in [0.29, 0.717) is 24.6 Å². The number of carbonyl (C=O) groups is 4. The third-order valence-electron chi connectivity index (χ3n) is 8.70. The van der Waals surface area contributed by atoms with E-state index >= 15 is 0 Å². The quantitative estimate of drug-likeness (QED) is 0.0158. The van der Waals surface area contributed by atoms with Gasteiger partial charge >= 0.3 is 31.7 Å². The molecule has 4 rings (SSSR count). The molecule has 74 heavy (non-hydrogen) atoms. The van der Waals surface area contributed by atoms with Crippen LogP contribution in [0.4, 0.5) is 36.4 Å². The van der Waals surface area contributed by atoms with E-state index in [9.17, 15) is 47.0 Å². The molecular formula is C45H59Cl3F3N8O14P. The highest BCUT2D eigenvalue weighted by molar-refractivity contribution is 7.51. The van der Waals surface area contributed by atoms with Crippen LogP contribution in [0.5, 0.6) is 11.5 Å². The van der Waals surface area contributed by atoms with Crippen molar-refractivity contribution in [3.63, 3.8) is 0 Å². The van der Waals surface area contributed by atoms with E-state index in [1.54, 1.807) is 12.0 Å². The van der Waals surface area contributed by atoms with Crippen LogP contribution in [-0.2, 0) is 45.8 Å². The maximum atomic E-state index is 12.7. The van der Waals surface area contributed by atoms with Crippen molar-refractivity contribution in [2.75, 3.05) is 67.7 Å². The molecule has 0 saturated heterocycles. The van der Waals surface area contributed by atoms with E-state index in [2.05, 4.69) is 48.6 Å². The maximum absolute atomic E-state index is 12.7. The van der Waals surface area contributed by atoms with Crippen molar-refractivity contribution in [2.45, 2.75) is 79.6 Å². The zero-order valence-corrected chi connectivity index (χ0v) is 44.9. The molecular weight excluding hydrogens is 1070 g/mol. The van der Waals surface area contributed by atoms with E-state index < -0.39 is 72.9 Å². The van der Waals surface area contributed by atoms with Gasteiger partial charge in [0.15, 0.2) is 6.61 Å². The number of alkyl halides is 4. The van der Waals surface area contributed by atoms with Gasteiger partial charge in [-0.25, -0.2) is 9.59 Å². The van der Waals surface area contributed by atoms with Crippen LogP contribution >= 0.6 is 42.4 Å². The van der Waals surface area contributed by atoms with Crippen molar-refractivity contribution in [2.24, 2.45) is 0 Å². The number of rotatable bonds is 20. The summed E-state index contributed by atoms with van der Waals surface area (Å²) in [6, 6.07) is 11.4. The Balaban J connectivity index is 0.000000535. The number of benzene rings is 3. The highest BCUT2D eigenvalue weighted by atomic mass is 35.5. The number of amides is 1. The first-order chi connectivity index (χ1) is 34.4. The largest absolute Gasteiger partial charge is 0.480 e. The molecule has 1 heterocycles. The molecule has 0 aliphatic heterocycles. The summed E-state index contributed by atoms with van der Waals surface area (Å²) in [5, 5.41) is 27.2. The summed E-state index contributed by atoms with van der Waals surface area (Å²) in [7, 11) is -2.46. The van der Waals surface area contributed by atoms with Crippen molar-refractivity contribution < 1.29 is 75.7 Å². The summed E-state index contributed by atoms with van der Waals surface area (Å²) in [4.78, 5) is 86.0. The van der Waals surface area contributed by atoms with Gasteiger partial charge in [-0.2, -0.15) is 28.1 Å². The lowest BCUT2D eigenvalue weighted by Gasteiger charge is -2.31. The number of anilines is 3. The van der Waals surface area contributed by atoms with Gasteiger partial charge in [0, 0.05) is 31.3 Å². The number of aliphatic carboxylic acids is 1. The molecule has 1 atom stereocenters. The molecule has 3 aromatic carbocycles. The van der Waals surface area contributed by atoms with Crippen LogP contribution in [0.15, 0.2) is 54.6 Å². The minimum absolute atomic E-state index is 0.0223. The number of nitro benzene ring substituents is 1. The van der Waals surface area contributed by atoms with E-state index in [0.717, 1.165) is 60.1 Å². The van der Waals surface area contributed by atoms with Crippen LogP contribution in [-0.4, -0.2) is 122 Å². The Morgan fingerprint density at radius 2 is 1.61 bits per heavy atom. The van der Waals surface area contributed by atoms with Crippen LogP contribution < -0.4 is 25.6 Å². The summed E-state index contributed by atoms with van der Waals surface area (Å²) >= 11 is 17.3. The minimum atomic E-state index is -4.61. The summed E-state index contributed by atoms with van der Waals surface area (Å²) in [5.74, 6) is -2.64. The molecule has 410 valence electrons. The third kappa shape index (κ3) is 24.9. The van der Waals surface area contributed by atoms with E-state index in [1.807, 2.05) is 53.7 Å². The number of para-hydroxylation sites is 1. The maximum Gasteiger partial charge on any atom is 0.416 e. The second-order valence-electron chi connectivity index (χ2n) is 16.0. The minimum Gasteiger partial charge on any atom is -0.480 e. The number of methoxy groups -OCH3 is 1. The van der Waals surface area contributed by atoms with Gasteiger partial charge < -0.3 is 49.4 Å². The lowest BCUT2D eigenvalue weighted by molar-refractivity contribution is -0.385. The first-order valence-corrected chi connectivity index (χ1v) is 25.0. The fraction of sp³-hybridized carbons (Fsp3) is 0.444. The number of carboxylic acid groups (broad SMARTS) is 1. The number of ether oxygens (including phenoxy) is 4. The molecule has 4 aromatic rings. The average molecular weight is 1130 g/mol. The van der Waals surface area contributed by atoms with Crippen molar-refractivity contribution in [3.05, 3.63) is 97.3 Å². The van der Waals surface area contributed by atoms with Gasteiger partial charge in [-0.05, 0) is 102 Å². The number of carboxylic acids is 1. The molecule has 0 aliphatic rings. The van der Waals surface area contributed by atoms with Gasteiger partial charge in [0.1, 0.15) is 22.9 Å². The monoisotopic (exact) mass is 1130 g/mol. The van der Waals surface area contributed by atoms with Gasteiger partial charge in [-0.1, -0.05) is 36.7 Å². The lowest BCUT2D eigenvalue weighted by atomic mass is 10.0. The third-order valence-corrected chi connectivity index (χ3v) is 10.0. The average Bonchev–Trinajstić information content (AvgIpc) is 3.28. The van der Waals surface area contributed by atoms with Crippen molar-refractivity contribution >= 4 is 89.5 Å². The molecule has 22 nitrogen and oxygen atoms in total. The lowest BCUT2D eigenvalue weighted by Crippen LogP contribution is -2.43. The van der Waals surface area contributed by atoms with Gasteiger partial charge in [0.25, 0.3) is 5.69 Å². The molecule has 0 spiro atoms. The standard InChI is InChI=1S/C18H13ClF3NO7.C15H22ClNO2.C9H16ClN5.C3H8NO5P/c1-2-28-16(24)9-29-17(25)12-8-11(4-5-14(12)23(26)27)30-15-6-3-10(7-13(15)19)18(20,21)22;1-5-13-8-6-7-11(2)15(13)17(14(18)9-16)12(3)10-19-4;1-5-11-7-12-6(10)13-8(14-7)15-9(2,3)4;5-3(6)1-4-2-10(7,8)9/h3-8H,2,9H2,1H3;6-8,12H,5,9-10H2,1-4H3;5H2,1-4H3,(H2,11,12,13,14,15);4H,1-2H2,(H,5,6)(H2,7,8,9). The van der Waals surface area contributed by atoms with Crippen LogP contribution in [0.1, 0.15) is 75.5 Å². The highest BCUT2D eigenvalue weighted by Gasteiger charge is 2.31. The predicted octanol–water partition coefficient (Wildman–Crippen LogP) is 8.91. The number of halogens is 6. The van der Waals surface area contributed by atoms with Gasteiger partial charge in [-0.15, -0.1) is 11.6 Å². The molecule has 0 saturated carbocycles. The number of hydrogen-bond donors (Lipinski definition) is 6. The van der Waals surface area contributed by atoms with Gasteiger partial charge in [-0.3, -0.25) is 29.6 Å². The summed E-state index contributed by atoms with van der Waals surface area (Å²) in [6.07, 6.45) is -4.33. The van der Waals surface area contributed by atoms with E-state index in [-0.39, 0.29) is 51.8 Å². The molecule has 0 fully saturated rings. The normalized spacial score (nSPS) is 11.4. The Hall–Kier alpha value is -5.92. The highest BCUT2D eigenvalue weighted by Crippen LogP contribution is 2.37. The summed E-state index contributed by atoms with van der Waals surface area (Å²) < 4.78 is 68.0. The second kappa shape index (κ2) is 31.7. The first-order valence-electron chi connectivity index (χ1n) is 21.9. The number of nitrogens with one attached hydrogen (secondary N) is 3. The fourth-order valence-electron chi connectivity index (χ4n) is 5.80. The molecule has 1 unspecified atom stereocenters. The predicted molar refractivity (Wildman–Crippen MR) is 272 cm³/mol. The van der Waals surface area contributed by atoms with Crippen molar-refractivity contribution in [1.29, 1.82) is 0 Å². The second-order valence-corrected chi connectivity index (χ2v) is 18.7. The topological polar surface area (TPSA) is 304 Å². The molecule has 6 N–H and O–H groups in total. The SMILES string of the molecule is CCNc1nc(Cl)nc(NC(C)(C)C)n1.CCOC(=O)COC(=O)c1cc(Oc2ccc(C(F)(F)F)cc2Cl)ccc1[N+](=O)[O-].CCc1cccc(C)c1N(C(=O)CCl)C(C)COC.O=C(O)CNCP(=O)(O)O. The Kier molecular flexibility index (Phi) is 28.3. The van der Waals surface area contributed by atoms with Crippen LogP contribution in [0.25, 0.3) is 0 Å². The molecule has 0 aliphatic carbocycles. The van der Waals surface area contributed by atoms with Crippen LogP contribution in [0, 0.1) is 17.0 Å². The molecule has 0 bridgehead atoms. The Morgan fingerprint density at radius 3 is 2.12 bits per heavy atom. The molecule has 1 aromatic heterocycles. The van der Waals surface area contributed by atoms with E-state index in [1.165, 1.54) is 6.92 Å². The number of nitrogens with zero attached hydrogens (tertiary/aromatic N) is 5. The molecule has 1 amide bonds. The smallest absolute Gasteiger partial charge is 0.416 e. The van der Waals surface area contributed by atoms with Gasteiger partial charge in [0.2, 0.25) is 23.1 Å². The number of esters is 2. The Morgan fingerprint density at radius 1 is 0.959 bits per heavy atom. The fourth-order valence-corrected chi connectivity index (χ4v) is 6.71. The van der Waals surface area contributed by atoms with E-state index in [4.69, 9.17) is 63.9 Å². The van der Waals surface area contributed by atoms with Crippen molar-refractivity contribution in [3.8, 4) is 11.5 Å². The molecule has 29 heteroatoms. The first kappa shape index (κ1) is 66.1. The Bertz CT molecular complexity index is 2560. The number of aryl methyl sites for hydroxylation is 2. The number of carbonyl (C=O) groups excluding carboxylic acids is 3. The zero-order valence-electron chi connectivity index (χ0n) is 41.7. The number of aromatic nitrogens is 3.